The Kier molecular flexibility index (Phi) is 3.71. The van der Waals surface area contributed by atoms with E-state index in [2.05, 4.69) is 15.0 Å². The standard InChI is InChI=1S/C11H13N3O3S/c1-3-17-8(15)5-4-7-14-9-10(16)12-6(2)13-11(9)18-7/h3-5H2,1-2H3,(H,12,13,16). The van der Waals surface area contributed by atoms with Crippen LogP contribution in [0.5, 0.6) is 0 Å². The fourth-order valence-electron chi connectivity index (χ4n) is 1.53. The highest BCUT2D eigenvalue weighted by molar-refractivity contribution is 7.18. The highest BCUT2D eigenvalue weighted by Crippen LogP contribution is 2.18. The summed E-state index contributed by atoms with van der Waals surface area (Å²) in [6.45, 7) is 3.86. The molecule has 0 saturated heterocycles. The topological polar surface area (TPSA) is 84.9 Å². The lowest BCUT2D eigenvalue weighted by molar-refractivity contribution is -0.143. The molecule has 0 fully saturated rings. The number of nitrogens with one attached hydrogen (secondary N) is 1. The molecule has 1 N–H and O–H groups in total. The summed E-state index contributed by atoms with van der Waals surface area (Å²) in [6, 6.07) is 0. The van der Waals surface area contributed by atoms with E-state index >= 15 is 0 Å². The summed E-state index contributed by atoms with van der Waals surface area (Å²) in [7, 11) is 0. The molecule has 7 heteroatoms. The van der Waals surface area contributed by atoms with Crippen molar-refractivity contribution in [3.8, 4) is 0 Å². The van der Waals surface area contributed by atoms with E-state index in [1.165, 1.54) is 11.3 Å². The van der Waals surface area contributed by atoms with Crippen LogP contribution in [0.3, 0.4) is 0 Å². The molecule has 0 aromatic carbocycles. The molecule has 2 rings (SSSR count). The predicted molar refractivity (Wildman–Crippen MR) is 67.7 cm³/mol. The number of aryl methyl sites for hydroxylation is 2. The van der Waals surface area contributed by atoms with E-state index in [4.69, 9.17) is 4.74 Å². The van der Waals surface area contributed by atoms with Crippen LogP contribution in [-0.4, -0.2) is 27.5 Å². The summed E-state index contributed by atoms with van der Waals surface area (Å²) in [6.07, 6.45) is 0.739. The summed E-state index contributed by atoms with van der Waals surface area (Å²) < 4.78 is 4.83. The quantitative estimate of drug-likeness (QED) is 0.841. The number of aromatic amines is 1. The second-order valence-corrected chi connectivity index (χ2v) is 4.78. The van der Waals surface area contributed by atoms with Gasteiger partial charge in [-0.15, -0.1) is 0 Å². The molecule has 6 nitrogen and oxygen atoms in total. The van der Waals surface area contributed by atoms with Crippen molar-refractivity contribution in [3.05, 3.63) is 21.2 Å². The zero-order valence-electron chi connectivity index (χ0n) is 10.1. The summed E-state index contributed by atoms with van der Waals surface area (Å²) in [5, 5.41) is 0.724. The van der Waals surface area contributed by atoms with Crippen LogP contribution in [0.15, 0.2) is 4.79 Å². The first-order chi connectivity index (χ1) is 8.60. The van der Waals surface area contributed by atoms with Crippen molar-refractivity contribution in [3.63, 3.8) is 0 Å². The lowest BCUT2D eigenvalue weighted by atomic mass is 10.3. The first-order valence-corrected chi connectivity index (χ1v) is 6.43. The second-order valence-electron chi connectivity index (χ2n) is 3.72. The molecule has 18 heavy (non-hydrogen) atoms. The minimum Gasteiger partial charge on any atom is -0.466 e. The van der Waals surface area contributed by atoms with Gasteiger partial charge in [-0.2, -0.15) is 0 Å². The van der Waals surface area contributed by atoms with Gasteiger partial charge in [-0.25, -0.2) is 9.97 Å². The minimum absolute atomic E-state index is 0.240. The molecule has 2 aromatic rings. The van der Waals surface area contributed by atoms with E-state index in [1.54, 1.807) is 13.8 Å². The van der Waals surface area contributed by atoms with Crippen LogP contribution < -0.4 is 5.56 Å². The van der Waals surface area contributed by atoms with Crippen LogP contribution in [0.25, 0.3) is 10.3 Å². The summed E-state index contributed by atoms with van der Waals surface area (Å²) in [4.78, 5) is 34.4. The summed E-state index contributed by atoms with van der Waals surface area (Å²) in [5.74, 6) is 0.308. The third-order valence-corrected chi connectivity index (χ3v) is 3.29. The molecule has 0 saturated carbocycles. The molecule has 0 aliphatic rings. The van der Waals surface area contributed by atoms with Crippen LogP contribution in [0.1, 0.15) is 24.2 Å². The Hall–Kier alpha value is -1.76. The molecule has 2 heterocycles. The van der Waals surface area contributed by atoms with Crippen LogP contribution >= 0.6 is 11.3 Å². The highest BCUT2D eigenvalue weighted by Gasteiger charge is 2.11. The van der Waals surface area contributed by atoms with Crippen molar-refractivity contribution in [2.24, 2.45) is 0 Å². The zero-order chi connectivity index (χ0) is 13.1. The number of nitrogens with zero attached hydrogens (tertiary/aromatic N) is 2. The fraction of sp³-hybridized carbons (Fsp3) is 0.455. The van der Waals surface area contributed by atoms with E-state index in [-0.39, 0.29) is 17.9 Å². The van der Waals surface area contributed by atoms with E-state index < -0.39 is 0 Å². The van der Waals surface area contributed by atoms with Gasteiger partial charge in [-0.1, -0.05) is 11.3 Å². The zero-order valence-corrected chi connectivity index (χ0v) is 11.0. The monoisotopic (exact) mass is 267 g/mol. The molecule has 0 atom stereocenters. The predicted octanol–water partition coefficient (Wildman–Crippen LogP) is 1.18. The number of esters is 1. The van der Waals surface area contributed by atoms with Gasteiger partial charge < -0.3 is 9.72 Å². The first kappa shape index (κ1) is 12.7. The van der Waals surface area contributed by atoms with Gasteiger partial charge in [0, 0.05) is 6.42 Å². The smallest absolute Gasteiger partial charge is 0.306 e. The van der Waals surface area contributed by atoms with Crippen LogP contribution in [-0.2, 0) is 16.0 Å². The summed E-state index contributed by atoms with van der Waals surface area (Å²) in [5.41, 5.74) is 0.0978. The van der Waals surface area contributed by atoms with Gasteiger partial charge >= 0.3 is 5.97 Å². The fourth-order valence-corrected chi connectivity index (χ4v) is 2.51. The van der Waals surface area contributed by atoms with Gasteiger partial charge in [0.1, 0.15) is 5.82 Å². The maximum Gasteiger partial charge on any atom is 0.306 e. The molecular formula is C11H13N3O3S. The number of fused-ring (bicyclic) bond motifs is 1. The van der Waals surface area contributed by atoms with E-state index in [0.717, 1.165) is 5.01 Å². The maximum absolute atomic E-state index is 11.6. The van der Waals surface area contributed by atoms with Crippen molar-refractivity contribution < 1.29 is 9.53 Å². The number of hydrogen-bond donors (Lipinski definition) is 1. The number of aromatic nitrogens is 3. The summed E-state index contributed by atoms with van der Waals surface area (Å²) >= 11 is 1.34. The molecule has 0 radical (unpaired) electrons. The third-order valence-electron chi connectivity index (χ3n) is 2.28. The Morgan fingerprint density at radius 3 is 2.94 bits per heavy atom. The normalized spacial score (nSPS) is 10.8. The number of thiazole rings is 1. The van der Waals surface area contributed by atoms with E-state index in [9.17, 15) is 9.59 Å². The average Bonchev–Trinajstić information content (AvgIpc) is 2.70. The van der Waals surface area contributed by atoms with Gasteiger partial charge in [-0.3, -0.25) is 9.59 Å². The SMILES string of the molecule is CCOC(=O)CCc1nc2c(=O)[nH]c(C)nc2s1. The Morgan fingerprint density at radius 1 is 1.44 bits per heavy atom. The molecule has 0 spiro atoms. The lowest BCUT2D eigenvalue weighted by Crippen LogP contribution is -2.09. The highest BCUT2D eigenvalue weighted by atomic mass is 32.1. The Labute approximate surface area is 107 Å². The number of carbonyl (C=O) groups excluding carboxylic acids is 1. The van der Waals surface area contributed by atoms with Crippen molar-refractivity contribution in [1.82, 2.24) is 15.0 Å². The number of H-pyrrole nitrogens is 1. The van der Waals surface area contributed by atoms with Gasteiger partial charge in [0.05, 0.1) is 18.0 Å². The molecule has 0 aliphatic carbocycles. The lowest BCUT2D eigenvalue weighted by Gasteiger charge is -1.98. The third kappa shape index (κ3) is 2.73. The van der Waals surface area contributed by atoms with E-state index in [0.29, 0.717) is 29.2 Å². The van der Waals surface area contributed by atoms with Gasteiger partial charge in [0.2, 0.25) is 0 Å². The molecule has 0 unspecified atom stereocenters. The Morgan fingerprint density at radius 2 is 2.22 bits per heavy atom. The molecule has 0 aliphatic heterocycles. The number of hydrogen-bond acceptors (Lipinski definition) is 6. The Balaban J connectivity index is 2.18. The van der Waals surface area contributed by atoms with Crippen LogP contribution in [0, 0.1) is 6.92 Å². The number of ether oxygens (including phenoxy) is 1. The first-order valence-electron chi connectivity index (χ1n) is 5.62. The minimum atomic E-state index is -0.255. The molecule has 0 bridgehead atoms. The van der Waals surface area contributed by atoms with Gasteiger partial charge in [-0.05, 0) is 13.8 Å². The van der Waals surface area contributed by atoms with Gasteiger partial charge in [0.25, 0.3) is 5.56 Å². The Bertz CT molecular complexity index is 632. The molecule has 0 amide bonds. The van der Waals surface area contributed by atoms with Crippen molar-refractivity contribution in [2.45, 2.75) is 26.7 Å². The average molecular weight is 267 g/mol. The molecular weight excluding hydrogens is 254 g/mol. The van der Waals surface area contributed by atoms with Crippen molar-refractivity contribution in [2.75, 3.05) is 6.61 Å². The van der Waals surface area contributed by atoms with E-state index in [1.807, 2.05) is 0 Å². The van der Waals surface area contributed by atoms with Crippen molar-refractivity contribution in [1.29, 1.82) is 0 Å². The van der Waals surface area contributed by atoms with Crippen molar-refractivity contribution >= 4 is 27.7 Å². The number of carbonyl (C=O) groups is 1. The second kappa shape index (κ2) is 5.26. The molecule has 2 aromatic heterocycles. The largest absolute Gasteiger partial charge is 0.466 e. The van der Waals surface area contributed by atoms with Crippen LogP contribution in [0.2, 0.25) is 0 Å². The molecule has 96 valence electrons. The van der Waals surface area contributed by atoms with Crippen LogP contribution in [0.4, 0.5) is 0 Å². The van der Waals surface area contributed by atoms with Gasteiger partial charge in [0.15, 0.2) is 10.3 Å². The maximum atomic E-state index is 11.6. The number of rotatable bonds is 4.